The Kier molecular flexibility index (Phi) is 3.92. The summed E-state index contributed by atoms with van der Waals surface area (Å²) in [6.07, 6.45) is 1.39. The van der Waals surface area contributed by atoms with E-state index in [1.165, 1.54) is 24.4 Å². The fourth-order valence-electron chi connectivity index (χ4n) is 2.87. The summed E-state index contributed by atoms with van der Waals surface area (Å²) in [6, 6.07) is 13.0. The third kappa shape index (κ3) is 2.92. The maximum absolute atomic E-state index is 13.7. The molecular formula is C21H15F2N3. The number of rotatable bonds is 2. The summed E-state index contributed by atoms with van der Waals surface area (Å²) in [6.45, 7) is 4.02. The summed E-state index contributed by atoms with van der Waals surface area (Å²) < 4.78 is 27.0. The van der Waals surface area contributed by atoms with Gasteiger partial charge < -0.3 is 0 Å². The van der Waals surface area contributed by atoms with Crippen molar-refractivity contribution >= 4 is 11.0 Å². The number of hydrogen-bond acceptors (Lipinski definition) is 3. The van der Waals surface area contributed by atoms with Crippen LogP contribution in [0.5, 0.6) is 0 Å². The summed E-state index contributed by atoms with van der Waals surface area (Å²) in [5.41, 5.74) is 6.08. The van der Waals surface area contributed by atoms with E-state index in [2.05, 4.69) is 4.98 Å². The Morgan fingerprint density at radius 1 is 0.692 bits per heavy atom. The van der Waals surface area contributed by atoms with E-state index in [0.717, 1.165) is 22.2 Å². The summed E-state index contributed by atoms with van der Waals surface area (Å²) in [5, 5.41) is 0. The van der Waals surface area contributed by atoms with Crippen molar-refractivity contribution in [2.24, 2.45) is 0 Å². The highest BCUT2D eigenvalue weighted by atomic mass is 19.1. The number of fused-ring (bicyclic) bond motifs is 1. The van der Waals surface area contributed by atoms with Gasteiger partial charge in [0.05, 0.1) is 22.4 Å². The molecule has 0 unspecified atom stereocenters. The zero-order chi connectivity index (χ0) is 18.3. The topological polar surface area (TPSA) is 38.7 Å². The van der Waals surface area contributed by atoms with E-state index >= 15 is 0 Å². The van der Waals surface area contributed by atoms with Crippen molar-refractivity contribution in [3.05, 3.63) is 77.6 Å². The molecule has 0 bridgehead atoms. The molecule has 3 nitrogen and oxygen atoms in total. The Morgan fingerprint density at radius 3 is 1.85 bits per heavy atom. The van der Waals surface area contributed by atoms with Crippen LogP contribution in [-0.4, -0.2) is 15.0 Å². The summed E-state index contributed by atoms with van der Waals surface area (Å²) in [5.74, 6) is -0.917. The van der Waals surface area contributed by atoms with Crippen molar-refractivity contribution in [2.45, 2.75) is 13.8 Å². The van der Waals surface area contributed by atoms with E-state index in [-0.39, 0.29) is 5.82 Å². The van der Waals surface area contributed by atoms with Crippen LogP contribution in [0.1, 0.15) is 11.1 Å². The van der Waals surface area contributed by atoms with Gasteiger partial charge in [0.15, 0.2) is 0 Å². The molecule has 0 saturated carbocycles. The van der Waals surface area contributed by atoms with Crippen molar-refractivity contribution < 1.29 is 8.78 Å². The highest BCUT2D eigenvalue weighted by Crippen LogP contribution is 2.31. The van der Waals surface area contributed by atoms with E-state index < -0.39 is 5.95 Å². The van der Waals surface area contributed by atoms with Crippen LogP contribution >= 0.6 is 0 Å². The Morgan fingerprint density at radius 2 is 1.27 bits per heavy atom. The van der Waals surface area contributed by atoms with Gasteiger partial charge in [-0.2, -0.15) is 4.39 Å². The van der Waals surface area contributed by atoms with Crippen LogP contribution in [0.15, 0.2) is 54.7 Å². The highest BCUT2D eigenvalue weighted by Gasteiger charge is 2.15. The van der Waals surface area contributed by atoms with Gasteiger partial charge in [0.1, 0.15) is 5.82 Å². The molecular weight excluding hydrogens is 332 g/mol. The van der Waals surface area contributed by atoms with Crippen LogP contribution in [0.3, 0.4) is 0 Å². The van der Waals surface area contributed by atoms with Crippen molar-refractivity contribution in [2.75, 3.05) is 0 Å². The molecule has 0 spiro atoms. The van der Waals surface area contributed by atoms with Crippen molar-refractivity contribution in [1.82, 2.24) is 15.0 Å². The Labute approximate surface area is 149 Å². The van der Waals surface area contributed by atoms with Gasteiger partial charge >= 0.3 is 0 Å². The molecule has 0 aliphatic carbocycles. The maximum Gasteiger partial charge on any atom is 0.213 e. The first kappa shape index (κ1) is 16.3. The molecule has 0 fully saturated rings. The lowest BCUT2D eigenvalue weighted by atomic mass is 10.0. The van der Waals surface area contributed by atoms with Crippen LogP contribution in [0, 0.1) is 25.6 Å². The van der Waals surface area contributed by atoms with Gasteiger partial charge in [0.25, 0.3) is 0 Å². The van der Waals surface area contributed by atoms with Crippen LogP contribution < -0.4 is 0 Å². The van der Waals surface area contributed by atoms with Gasteiger partial charge in [-0.25, -0.2) is 19.3 Å². The second-order valence-electron chi connectivity index (χ2n) is 6.22. The van der Waals surface area contributed by atoms with Gasteiger partial charge in [0, 0.05) is 23.4 Å². The van der Waals surface area contributed by atoms with Gasteiger partial charge in [-0.15, -0.1) is 0 Å². The average Bonchev–Trinajstić information content (AvgIpc) is 2.62. The fourth-order valence-corrected chi connectivity index (χ4v) is 2.87. The number of aryl methyl sites for hydroxylation is 2. The van der Waals surface area contributed by atoms with E-state index in [1.807, 2.05) is 26.0 Å². The second kappa shape index (κ2) is 6.26. The van der Waals surface area contributed by atoms with Crippen molar-refractivity contribution in [3.63, 3.8) is 0 Å². The first-order chi connectivity index (χ1) is 12.5. The van der Waals surface area contributed by atoms with Gasteiger partial charge in [-0.1, -0.05) is 0 Å². The van der Waals surface area contributed by atoms with Crippen LogP contribution in [0.4, 0.5) is 8.78 Å². The first-order valence-corrected chi connectivity index (χ1v) is 8.18. The molecule has 0 N–H and O–H groups in total. The molecule has 26 heavy (non-hydrogen) atoms. The monoisotopic (exact) mass is 347 g/mol. The average molecular weight is 347 g/mol. The molecule has 0 atom stereocenters. The molecule has 0 saturated heterocycles. The van der Waals surface area contributed by atoms with E-state index in [1.54, 1.807) is 18.2 Å². The quantitative estimate of drug-likeness (QED) is 0.465. The van der Waals surface area contributed by atoms with Gasteiger partial charge in [-0.05, 0) is 67.4 Å². The van der Waals surface area contributed by atoms with Crippen LogP contribution in [0.25, 0.3) is 33.5 Å². The molecule has 5 heteroatoms. The third-order valence-corrected chi connectivity index (χ3v) is 4.40. The van der Waals surface area contributed by atoms with Crippen molar-refractivity contribution in [1.29, 1.82) is 0 Å². The molecule has 0 radical (unpaired) electrons. The lowest BCUT2D eigenvalue weighted by Crippen LogP contribution is -1.97. The van der Waals surface area contributed by atoms with Gasteiger partial charge in [0.2, 0.25) is 5.95 Å². The minimum atomic E-state index is -0.588. The lowest BCUT2D eigenvalue weighted by molar-refractivity contribution is 0.584. The number of nitrogens with zero attached hydrogens (tertiary/aromatic N) is 3. The Balaban J connectivity index is 2.04. The zero-order valence-corrected chi connectivity index (χ0v) is 14.3. The zero-order valence-electron chi connectivity index (χ0n) is 14.3. The standard InChI is InChI=1S/C21H15F2N3/c1-12-9-17-18(10-13(12)2)26-21(15-7-8-24-19(23)11-15)20(25-17)14-3-5-16(22)6-4-14/h3-11H,1-2H3. The molecule has 2 aromatic carbocycles. The molecule has 128 valence electrons. The normalized spacial score (nSPS) is 11.1. The maximum atomic E-state index is 13.7. The van der Waals surface area contributed by atoms with Crippen molar-refractivity contribution in [3.8, 4) is 22.5 Å². The second-order valence-corrected chi connectivity index (χ2v) is 6.22. The molecule has 4 rings (SSSR count). The number of benzene rings is 2. The summed E-state index contributed by atoms with van der Waals surface area (Å²) >= 11 is 0. The molecule has 0 aliphatic heterocycles. The summed E-state index contributed by atoms with van der Waals surface area (Å²) in [7, 11) is 0. The SMILES string of the molecule is Cc1cc2nc(-c3ccc(F)cc3)c(-c3ccnc(F)c3)nc2cc1C. The lowest BCUT2D eigenvalue weighted by Gasteiger charge is -2.12. The fraction of sp³-hybridized carbons (Fsp3) is 0.0952. The number of hydrogen-bond donors (Lipinski definition) is 0. The van der Waals surface area contributed by atoms with Crippen LogP contribution in [0.2, 0.25) is 0 Å². The van der Waals surface area contributed by atoms with Gasteiger partial charge in [-0.3, -0.25) is 0 Å². The largest absolute Gasteiger partial charge is 0.244 e. The molecule has 2 heterocycles. The third-order valence-electron chi connectivity index (χ3n) is 4.40. The highest BCUT2D eigenvalue weighted by molar-refractivity contribution is 5.86. The number of halogens is 2. The first-order valence-electron chi connectivity index (χ1n) is 8.18. The van der Waals surface area contributed by atoms with E-state index in [9.17, 15) is 8.78 Å². The minimum Gasteiger partial charge on any atom is -0.244 e. The minimum absolute atomic E-state index is 0.328. The molecule has 4 aromatic rings. The smallest absolute Gasteiger partial charge is 0.213 e. The molecule has 2 aromatic heterocycles. The summed E-state index contributed by atoms with van der Waals surface area (Å²) in [4.78, 5) is 13.1. The Hall–Kier alpha value is -3.21. The number of pyridine rings is 1. The predicted molar refractivity (Wildman–Crippen MR) is 97.6 cm³/mol. The van der Waals surface area contributed by atoms with E-state index in [4.69, 9.17) is 9.97 Å². The molecule has 0 amide bonds. The molecule has 0 aliphatic rings. The Bertz CT molecular complexity index is 1120. The van der Waals surface area contributed by atoms with E-state index in [0.29, 0.717) is 22.5 Å². The number of aromatic nitrogens is 3. The van der Waals surface area contributed by atoms with Crippen LogP contribution in [-0.2, 0) is 0 Å². The predicted octanol–water partition coefficient (Wildman–Crippen LogP) is 5.25.